The largest absolute Gasteiger partial charge is 0.478 e. The maximum Gasteiger partial charge on any atom is 0.335 e. The molecule has 2 aromatic heterocycles. The van der Waals surface area contributed by atoms with Crippen molar-refractivity contribution in [3.63, 3.8) is 0 Å². The van der Waals surface area contributed by atoms with Crippen LogP contribution in [0.15, 0.2) is 108 Å². The zero-order valence-corrected chi connectivity index (χ0v) is 31.6. The van der Waals surface area contributed by atoms with Crippen LogP contribution in [0.4, 0.5) is 0 Å². The fourth-order valence-electron chi connectivity index (χ4n) is 3.69. The molecule has 0 aliphatic rings. The molecule has 12 heteroatoms. The van der Waals surface area contributed by atoms with E-state index in [2.05, 4.69) is 72.6 Å². The Bertz CT molecular complexity index is 1650. The lowest BCUT2D eigenvalue weighted by molar-refractivity contribution is 0.0686. The number of hydrazone groups is 2. The fourth-order valence-corrected chi connectivity index (χ4v) is 3.69. The first kappa shape index (κ1) is 44.0. The molecule has 52 heavy (non-hydrogen) atoms. The number of aromatic carboxylic acids is 2. The van der Waals surface area contributed by atoms with Crippen molar-refractivity contribution in [1.82, 2.24) is 20.8 Å². The molecule has 0 fully saturated rings. The van der Waals surface area contributed by atoms with Gasteiger partial charge in [0, 0.05) is 47.3 Å². The molecule has 2 aromatic carbocycles. The van der Waals surface area contributed by atoms with Gasteiger partial charge in [-0.1, -0.05) is 65.8 Å². The van der Waals surface area contributed by atoms with Gasteiger partial charge in [-0.3, -0.25) is 19.6 Å². The van der Waals surface area contributed by atoms with Crippen molar-refractivity contribution >= 4 is 35.2 Å². The van der Waals surface area contributed by atoms with E-state index in [0.717, 1.165) is 22.6 Å². The second-order valence-corrected chi connectivity index (χ2v) is 13.7. The van der Waals surface area contributed by atoms with Crippen molar-refractivity contribution in [2.45, 2.75) is 80.1 Å². The molecular weight excluding hydrogens is 660 g/mol. The van der Waals surface area contributed by atoms with Gasteiger partial charge in [0.05, 0.1) is 11.1 Å². The molecule has 2 amide bonds. The number of hydrogen-bond donors (Lipinski definition) is 4. The third kappa shape index (κ3) is 17.6. The van der Waals surface area contributed by atoms with Gasteiger partial charge >= 0.3 is 11.9 Å². The lowest BCUT2D eigenvalue weighted by atomic mass is 9.87. The zero-order chi connectivity index (χ0) is 39.5. The molecule has 276 valence electrons. The molecule has 4 aromatic rings. The van der Waals surface area contributed by atoms with E-state index in [1.54, 1.807) is 73.3 Å². The Morgan fingerprint density at radius 3 is 0.962 bits per heavy atom. The molecule has 0 aliphatic carbocycles. The predicted octanol–water partition coefficient (Wildman–Crippen LogP) is 7.78. The monoisotopic (exact) mass is 710 g/mol. The predicted molar refractivity (Wildman–Crippen MR) is 205 cm³/mol. The highest BCUT2D eigenvalue weighted by Crippen LogP contribution is 2.23. The first-order valence-electron chi connectivity index (χ1n) is 16.3. The molecule has 4 rings (SSSR count). The first-order chi connectivity index (χ1) is 24.2. The number of aromatic nitrogens is 2. The van der Waals surface area contributed by atoms with Crippen LogP contribution in [0.5, 0.6) is 0 Å². The molecule has 0 spiro atoms. The Balaban J connectivity index is 0.000000347. The van der Waals surface area contributed by atoms with Gasteiger partial charge in [0.15, 0.2) is 0 Å². The molecule has 0 bridgehead atoms. The van der Waals surface area contributed by atoms with E-state index < -0.39 is 11.9 Å². The second kappa shape index (κ2) is 21.2. The maximum atomic E-state index is 11.3. The van der Waals surface area contributed by atoms with Gasteiger partial charge in [0.2, 0.25) is 0 Å². The summed E-state index contributed by atoms with van der Waals surface area (Å²) in [4.78, 5) is 51.3. The Morgan fingerprint density at radius 2 is 0.750 bits per heavy atom. The number of carboxylic acid groups (broad SMARTS) is 2. The highest BCUT2D eigenvalue weighted by molar-refractivity contribution is 5.95. The van der Waals surface area contributed by atoms with Crippen molar-refractivity contribution in [2.24, 2.45) is 10.2 Å². The van der Waals surface area contributed by atoms with Crippen molar-refractivity contribution in [1.29, 1.82) is 0 Å². The van der Waals surface area contributed by atoms with E-state index in [9.17, 15) is 19.2 Å². The molecular formula is C40H50N6O6. The van der Waals surface area contributed by atoms with E-state index in [1.807, 2.05) is 52.0 Å². The average Bonchev–Trinajstić information content (AvgIpc) is 3.10. The van der Waals surface area contributed by atoms with Gasteiger partial charge in [-0.2, -0.15) is 10.2 Å². The summed E-state index contributed by atoms with van der Waals surface area (Å²) >= 11 is 0. The lowest BCUT2D eigenvalue weighted by Crippen LogP contribution is -2.18. The molecule has 12 nitrogen and oxygen atoms in total. The third-order valence-electron chi connectivity index (χ3n) is 6.64. The molecule has 4 N–H and O–H groups in total. The molecule has 0 unspecified atom stereocenters. The molecule has 0 saturated carbocycles. The van der Waals surface area contributed by atoms with Gasteiger partial charge in [0.1, 0.15) is 0 Å². The third-order valence-corrected chi connectivity index (χ3v) is 6.64. The minimum atomic E-state index is -0.875. The van der Waals surface area contributed by atoms with E-state index in [4.69, 9.17) is 10.2 Å². The van der Waals surface area contributed by atoms with E-state index in [1.165, 1.54) is 0 Å². The van der Waals surface area contributed by atoms with Gasteiger partial charge in [0.25, 0.3) is 11.8 Å². The van der Waals surface area contributed by atoms with E-state index in [0.29, 0.717) is 22.3 Å². The highest BCUT2D eigenvalue weighted by atomic mass is 16.4. The highest BCUT2D eigenvalue weighted by Gasteiger charge is 2.14. The van der Waals surface area contributed by atoms with Gasteiger partial charge in [-0.15, -0.1) is 0 Å². The summed E-state index contributed by atoms with van der Waals surface area (Å²) in [5.74, 6) is -2.19. The Kier molecular flexibility index (Phi) is 18.0. The SMILES string of the molecule is CC(C)(C)c1ccc(C(=O)O)cc1.CC(C)(C)c1ccc(C(=O)O)cc1.CC(C)=NNC(=O)c1ccncc1.CC(C)=NNC(=O)c1ccncc1. The van der Waals surface area contributed by atoms with Crippen LogP contribution in [-0.2, 0) is 10.8 Å². The summed E-state index contributed by atoms with van der Waals surface area (Å²) < 4.78 is 0. The van der Waals surface area contributed by atoms with Crippen LogP contribution < -0.4 is 10.9 Å². The number of nitrogens with one attached hydrogen (secondary N) is 2. The molecule has 0 radical (unpaired) electrons. The summed E-state index contributed by atoms with van der Waals surface area (Å²) in [7, 11) is 0. The minimum absolute atomic E-state index is 0.0804. The van der Waals surface area contributed by atoms with Crippen LogP contribution in [0.25, 0.3) is 0 Å². The van der Waals surface area contributed by atoms with Crippen LogP contribution >= 0.6 is 0 Å². The Hall–Kier alpha value is -6.04. The van der Waals surface area contributed by atoms with Crippen LogP contribution in [0.2, 0.25) is 0 Å². The van der Waals surface area contributed by atoms with Crippen LogP contribution in [0.1, 0.15) is 122 Å². The molecule has 2 heterocycles. The lowest BCUT2D eigenvalue weighted by Gasteiger charge is -2.18. The zero-order valence-electron chi connectivity index (χ0n) is 31.6. The van der Waals surface area contributed by atoms with Crippen molar-refractivity contribution in [2.75, 3.05) is 0 Å². The Labute approximate surface area is 306 Å². The molecule has 0 aliphatic heterocycles. The fraction of sp³-hybridized carbons (Fsp3) is 0.300. The quantitative estimate of drug-likeness (QED) is 0.115. The van der Waals surface area contributed by atoms with Crippen LogP contribution in [0.3, 0.4) is 0 Å². The number of amides is 2. The van der Waals surface area contributed by atoms with Crippen LogP contribution in [-0.4, -0.2) is 55.4 Å². The average molecular weight is 711 g/mol. The molecule has 0 saturated heterocycles. The second-order valence-electron chi connectivity index (χ2n) is 13.7. The van der Waals surface area contributed by atoms with E-state index in [-0.39, 0.29) is 22.6 Å². The van der Waals surface area contributed by atoms with Crippen molar-refractivity contribution in [3.8, 4) is 0 Å². The van der Waals surface area contributed by atoms with Gasteiger partial charge in [-0.05, 0) is 98.2 Å². The van der Waals surface area contributed by atoms with E-state index >= 15 is 0 Å². The Morgan fingerprint density at radius 1 is 0.481 bits per heavy atom. The summed E-state index contributed by atoms with van der Waals surface area (Å²) in [6.45, 7) is 19.8. The number of nitrogens with zero attached hydrogens (tertiary/aromatic N) is 4. The smallest absolute Gasteiger partial charge is 0.335 e. The number of rotatable bonds is 6. The summed E-state index contributed by atoms with van der Waals surface area (Å²) in [5, 5.41) is 25.0. The minimum Gasteiger partial charge on any atom is -0.478 e. The first-order valence-corrected chi connectivity index (χ1v) is 16.3. The summed E-state index contributed by atoms with van der Waals surface area (Å²) in [5.41, 5.74) is 10.7. The van der Waals surface area contributed by atoms with Crippen molar-refractivity contribution < 1.29 is 29.4 Å². The number of carboxylic acids is 2. The van der Waals surface area contributed by atoms with Gasteiger partial charge in [-0.25, -0.2) is 20.4 Å². The number of benzene rings is 2. The van der Waals surface area contributed by atoms with Crippen LogP contribution in [0, 0.1) is 0 Å². The number of carbonyl (C=O) groups is 4. The van der Waals surface area contributed by atoms with Gasteiger partial charge < -0.3 is 10.2 Å². The maximum absolute atomic E-state index is 11.3. The standard InChI is InChI=1S/2C11H14O2.2C9H11N3O/c2*1-11(2,3)9-6-4-8(5-7-9)10(12)13;2*1-7(2)11-12-9(13)8-3-5-10-6-4-8/h2*4-7H,1-3H3,(H,12,13);2*3-6H,1-2H3,(H,12,13). The topological polar surface area (TPSA) is 183 Å². The van der Waals surface area contributed by atoms with Crippen molar-refractivity contribution in [3.05, 3.63) is 131 Å². The summed E-state index contributed by atoms with van der Waals surface area (Å²) in [6, 6.07) is 20.6. The molecule has 0 atom stereocenters. The number of hydrogen-bond acceptors (Lipinski definition) is 8. The number of carbonyl (C=O) groups excluding carboxylic acids is 2. The number of pyridine rings is 2. The summed E-state index contributed by atoms with van der Waals surface area (Å²) in [6.07, 6.45) is 6.27. The normalized spacial score (nSPS) is 10.2.